The summed E-state index contributed by atoms with van der Waals surface area (Å²) in [6.07, 6.45) is -4.82. The molecule has 112 valence electrons. The molecule has 2 rings (SSSR count). The van der Waals surface area contributed by atoms with Gasteiger partial charge in [-0.2, -0.15) is 13.2 Å². The fourth-order valence-corrected chi connectivity index (χ4v) is 2.09. The quantitative estimate of drug-likeness (QED) is 0.801. The van der Waals surface area contributed by atoms with Gasteiger partial charge in [-0.05, 0) is 47.9 Å². The fourth-order valence-electron chi connectivity index (χ4n) is 2.09. The molecule has 0 amide bonds. The average Bonchev–Trinajstić information content (AvgIpc) is 2.37. The van der Waals surface area contributed by atoms with E-state index in [1.54, 1.807) is 6.92 Å². The van der Waals surface area contributed by atoms with Crippen LogP contribution < -0.4 is 5.73 Å². The van der Waals surface area contributed by atoms with Crippen LogP contribution in [0.15, 0.2) is 36.4 Å². The Morgan fingerprint density at radius 1 is 1.00 bits per heavy atom. The van der Waals surface area contributed by atoms with Gasteiger partial charge in [0, 0.05) is 6.04 Å². The van der Waals surface area contributed by atoms with Crippen LogP contribution in [0.25, 0.3) is 11.1 Å². The number of halogens is 5. The van der Waals surface area contributed by atoms with Gasteiger partial charge in [0.25, 0.3) is 0 Å². The molecular formula is C15H12F5N. The maximum atomic E-state index is 13.4. The highest BCUT2D eigenvalue weighted by Gasteiger charge is 2.34. The number of alkyl halides is 3. The van der Waals surface area contributed by atoms with E-state index in [0.29, 0.717) is 17.7 Å². The van der Waals surface area contributed by atoms with Gasteiger partial charge in [0.2, 0.25) is 0 Å². The second kappa shape index (κ2) is 5.44. The molecule has 1 nitrogen and oxygen atoms in total. The van der Waals surface area contributed by atoms with Gasteiger partial charge < -0.3 is 5.73 Å². The van der Waals surface area contributed by atoms with Gasteiger partial charge in [-0.3, -0.25) is 0 Å². The molecule has 0 heterocycles. The van der Waals surface area contributed by atoms with Crippen molar-refractivity contribution in [2.24, 2.45) is 5.73 Å². The summed E-state index contributed by atoms with van der Waals surface area (Å²) in [5.74, 6) is -1.97. The molecule has 0 spiro atoms. The summed E-state index contributed by atoms with van der Waals surface area (Å²) >= 11 is 0. The molecule has 1 unspecified atom stereocenters. The van der Waals surface area contributed by atoms with Crippen molar-refractivity contribution in [1.29, 1.82) is 0 Å². The molecule has 0 radical (unpaired) electrons. The Kier molecular flexibility index (Phi) is 4.00. The van der Waals surface area contributed by atoms with Gasteiger partial charge >= 0.3 is 6.18 Å². The van der Waals surface area contributed by atoms with E-state index in [1.165, 1.54) is 18.2 Å². The molecule has 2 aromatic rings. The zero-order chi connectivity index (χ0) is 15.8. The van der Waals surface area contributed by atoms with Crippen LogP contribution in [0.2, 0.25) is 0 Å². The lowest BCUT2D eigenvalue weighted by Gasteiger charge is -2.15. The van der Waals surface area contributed by atoms with Crippen LogP contribution in [0.1, 0.15) is 24.1 Å². The summed E-state index contributed by atoms with van der Waals surface area (Å²) in [5.41, 5.74) is 5.11. The van der Waals surface area contributed by atoms with Gasteiger partial charge in [-0.25, -0.2) is 8.78 Å². The van der Waals surface area contributed by atoms with Crippen molar-refractivity contribution in [2.45, 2.75) is 19.1 Å². The van der Waals surface area contributed by atoms with Crippen molar-refractivity contribution in [3.8, 4) is 11.1 Å². The lowest BCUT2D eigenvalue weighted by atomic mass is 9.94. The SMILES string of the molecule is CC(N)c1ccc(F)cc1-c1ccc(F)c(C(F)(F)F)c1. The number of nitrogens with two attached hydrogens (primary N) is 1. The molecule has 1 atom stereocenters. The Hall–Kier alpha value is -1.95. The van der Waals surface area contributed by atoms with E-state index < -0.39 is 29.4 Å². The second-order valence-electron chi connectivity index (χ2n) is 4.71. The fraction of sp³-hybridized carbons (Fsp3) is 0.200. The van der Waals surface area contributed by atoms with Crippen LogP contribution >= 0.6 is 0 Å². The minimum atomic E-state index is -4.82. The average molecular weight is 301 g/mol. The summed E-state index contributed by atoms with van der Waals surface area (Å²) in [4.78, 5) is 0. The monoisotopic (exact) mass is 301 g/mol. The van der Waals surface area contributed by atoms with E-state index in [9.17, 15) is 22.0 Å². The van der Waals surface area contributed by atoms with Crippen molar-refractivity contribution < 1.29 is 22.0 Å². The molecule has 0 saturated heterocycles. The molecule has 0 aliphatic carbocycles. The molecule has 21 heavy (non-hydrogen) atoms. The molecule has 0 aliphatic rings. The molecule has 2 aromatic carbocycles. The van der Waals surface area contributed by atoms with Crippen molar-refractivity contribution in [3.63, 3.8) is 0 Å². The lowest BCUT2D eigenvalue weighted by molar-refractivity contribution is -0.139. The largest absolute Gasteiger partial charge is 0.419 e. The molecule has 0 aromatic heterocycles. The number of hydrogen-bond acceptors (Lipinski definition) is 1. The first-order chi connectivity index (χ1) is 9.70. The van der Waals surface area contributed by atoms with E-state index >= 15 is 0 Å². The first kappa shape index (κ1) is 15.4. The van der Waals surface area contributed by atoms with Crippen LogP contribution in [-0.2, 0) is 6.18 Å². The predicted molar refractivity (Wildman–Crippen MR) is 69.4 cm³/mol. The summed E-state index contributed by atoms with van der Waals surface area (Å²) < 4.78 is 64.9. The summed E-state index contributed by atoms with van der Waals surface area (Å²) in [6.45, 7) is 1.63. The highest BCUT2D eigenvalue weighted by atomic mass is 19.4. The van der Waals surface area contributed by atoms with E-state index in [0.717, 1.165) is 6.07 Å². The zero-order valence-corrected chi connectivity index (χ0v) is 11.0. The normalized spacial score (nSPS) is 13.3. The van der Waals surface area contributed by atoms with E-state index in [1.807, 2.05) is 0 Å². The number of hydrogen-bond donors (Lipinski definition) is 1. The molecule has 6 heteroatoms. The van der Waals surface area contributed by atoms with Crippen molar-refractivity contribution >= 4 is 0 Å². The van der Waals surface area contributed by atoms with E-state index in [2.05, 4.69) is 0 Å². The number of benzene rings is 2. The first-order valence-corrected chi connectivity index (χ1v) is 6.12. The van der Waals surface area contributed by atoms with Crippen LogP contribution in [0.5, 0.6) is 0 Å². The molecule has 0 aliphatic heterocycles. The molecule has 0 fully saturated rings. The Labute approximate surface area is 118 Å². The van der Waals surface area contributed by atoms with Crippen LogP contribution in [0, 0.1) is 11.6 Å². The number of rotatable bonds is 2. The smallest absolute Gasteiger partial charge is 0.324 e. The third-order valence-electron chi connectivity index (χ3n) is 3.09. The summed E-state index contributed by atoms with van der Waals surface area (Å²) in [6, 6.07) is 5.73. The standard InChI is InChI=1S/C15H12F5N/c1-8(21)11-4-3-10(16)7-12(11)9-2-5-14(17)13(6-9)15(18,19)20/h2-8H,21H2,1H3. The van der Waals surface area contributed by atoms with Crippen LogP contribution in [0.4, 0.5) is 22.0 Å². The predicted octanol–water partition coefficient (Wildman–Crippen LogP) is 4.67. The third-order valence-corrected chi connectivity index (χ3v) is 3.09. The summed E-state index contributed by atoms with van der Waals surface area (Å²) in [7, 11) is 0. The Balaban J connectivity index is 2.65. The minimum absolute atomic E-state index is 0.0653. The zero-order valence-electron chi connectivity index (χ0n) is 11.0. The van der Waals surface area contributed by atoms with Gasteiger partial charge in [0.05, 0.1) is 5.56 Å². The third kappa shape index (κ3) is 3.21. The van der Waals surface area contributed by atoms with E-state index in [4.69, 9.17) is 5.73 Å². The Morgan fingerprint density at radius 3 is 2.24 bits per heavy atom. The molecule has 2 N–H and O–H groups in total. The molecular weight excluding hydrogens is 289 g/mol. The van der Waals surface area contributed by atoms with E-state index in [-0.39, 0.29) is 11.1 Å². The van der Waals surface area contributed by atoms with Gasteiger partial charge in [0.15, 0.2) is 0 Å². The van der Waals surface area contributed by atoms with Gasteiger partial charge in [-0.1, -0.05) is 12.1 Å². The summed E-state index contributed by atoms with van der Waals surface area (Å²) in [5, 5.41) is 0. The minimum Gasteiger partial charge on any atom is -0.324 e. The highest BCUT2D eigenvalue weighted by molar-refractivity contribution is 5.69. The van der Waals surface area contributed by atoms with Crippen LogP contribution in [0.3, 0.4) is 0 Å². The van der Waals surface area contributed by atoms with Gasteiger partial charge in [0.1, 0.15) is 11.6 Å². The Morgan fingerprint density at radius 2 is 1.67 bits per heavy atom. The Bertz CT molecular complexity index is 662. The van der Waals surface area contributed by atoms with Crippen molar-refractivity contribution in [1.82, 2.24) is 0 Å². The maximum Gasteiger partial charge on any atom is 0.419 e. The van der Waals surface area contributed by atoms with Crippen molar-refractivity contribution in [2.75, 3.05) is 0 Å². The van der Waals surface area contributed by atoms with Crippen LogP contribution in [-0.4, -0.2) is 0 Å². The molecule has 0 saturated carbocycles. The topological polar surface area (TPSA) is 26.0 Å². The maximum absolute atomic E-state index is 13.4. The second-order valence-corrected chi connectivity index (χ2v) is 4.71. The highest BCUT2D eigenvalue weighted by Crippen LogP contribution is 2.36. The molecule has 0 bridgehead atoms. The first-order valence-electron chi connectivity index (χ1n) is 6.12. The lowest BCUT2D eigenvalue weighted by Crippen LogP contribution is -2.09. The van der Waals surface area contributed by atoms with Gasteiger partial charge in [-0.15, -0.1) is 0 Å². The van der Waals surface area contributed by atoms with Crippen molar-refractivity contribution in [3.05, 3.63) is 59.2 Å².